The summed E-state index contributed by atoms with van der Waals surface area (Å²) in [7, 11) is 0. The number of aromatic hydroxyl groups is 1. The first kappa shape index (κ1) is 56.8. The van der Waals surface area contributed by atoms with Crippen molar-refractivity contribution in [2.24, 2.45) is 0 Å². The second-order valence-electron chi connectivity index (χ2n) is 18.6. The van der Waals surface area contributed by atoms with Gasteiger partial charge in [0.2, 0.25) is 0 Å². The molecule has 0 fully saturated rings. The molecule has 0 aliphatic heterocycles. The Balaban J connectivity index is 2.09. The second-order valence-corrected chi connectivity index (χ2v) is 18.6. The molecule has 0 spiro atoms. The Labute approximate surface area is 380 Å². The van der Waals surface area contributed by atoms with Crippen molar-refractivity contribution in [2.45, 2.75) is 283 Å². The van der Waals surface area contributed by atoms with E-state index < -0.39 is 12.2 Å². The number of aryl methyl sites for hydroxylation is 1. The highest BCUT2D eigenvalue weighted by Crippen LogP contribution is 2.26. The molecule has 1 aromatic rings. The molecule has 3 nitrogen and oxygen atoms in total. The molecule has 0 aliphatic rings. The lowest BCUT2D eigenvalue weighted by molar-refractivity contribution is 0.0557. The Hall–Kier alpha value is -2.26. The highest BCUT2D eigenvalue weighted by atomic mass is 16.5. The molecule has 0 amide bonds. The van der Waals surface area contributed by atoms with E-state index in [0.29, 0.717) is 12.2 Å². The molecule has 0 heterocycles. The smallest absolute Gasteiger partial charge is 0.143 e. The molecule has 2 unspecified atom stereocenters. The number of hydrogen-bond acceptors (Lipinski definition) is 3. The fourth-order valence-corrected chi connectivity index (χ4v) is 8.56. The number of hydrogen-bond donors (Lipinski definition) is 2. The molecule has 0 saturated carbocycles. The van der Waals surface area contributed by atoms with E-state index in [0.717, 1.165) is 31.2 Å². The molecule has 0 radical (unpaired) electrons. The van der Waals surface area contributed by atoms with Crippen molar-refractivity contribution in [3.8, 4) is 11.5 Å². The van der Waals surface area contributed by atoms with Gasteiger partial charge in [-0.1, -0.05) is 243 Å². The predicted octanol–water partition coefficient (Wildman–Crippen LogP) is 19.2. The minimum atomic E-state index is -0.594. The number of phenols is 1. The molecule has 0 bridgehead atoms. The van der Waals surface area contributed by atoms with Gasteiger partial charge >= 0.3 is 0 Å². The SMILES string of the molecule is C=C/C=C\C(Oc1cc(O)cc(CCCCCCCCCCCCCCC/C=C\CCCCCCCC)c1)C(O)CCCCCCCCCCC/C=C/CCCCCCCC. The number of aliphatic hydroxyl groups is 1. The highest BCUT2D eigenvalue weighted by molar-refractivity contribution is 5.38. The fourth-order valence-electron chi connectivity index (χ4n) is 8.56. The lowest BCUT2D eigenvalue weighted by atomic mass is 10.0. The normalized spacial score (nSPS) is 13.0. The van der Waals surface area contributed by atoms with Gasteiger partial charge < -0.3 is 14.9 Å². The van der Waals surface area contributed by atoms with Crippen LogP contribution in [0.2, 0.25) is 0 Å². The van der Waals surface area contributed by atoms with Crippen LogP contribution in [0.1, 0.15) is 270 Å². The van der Waals surface area contributed by atoms with Crippen LogP contribution in [0.4, 0.5) is 0 Å². The Morgan fingerprint density at radius 1 is 0.475 bits per heavy atom. The number of allylic oxidation sites excluding steroid dienone is 6. The van der Waals surface area contributed by atoms with E-state index in [9.17, 15) is 10.2 Å². The third-order valence-electron chi connectivity index (χ3n) is 12.5. The summed E-state index contributed by atoms with van der Waals surface area (Å²) in [5.74, 6) is 0.860. The first-order valence-electron chi connectivity index (χ1n) is 26.9. The van der Waals surface area contributed by atoms with Crippen LogP contribution >= 0.6 is 0 Å². The Morgan fingerprint density at radius 2 is 0.836 bits per heavy atom. The quantitative estimate of drug-likeness (QED) is 0.0390. The van der Waals surface area contributed by atoms with Crippen molar-refractivity contribution in [3.05, 3.63) is 72.9 Å². The van der Waals surface area contributed by atoms with Gasteiger partial charge in [-0.15, -0.1) is 0 Å². The predicted molar refractivity (Wildman–Crippen MR) is 271 cm³/mol. The molecule has 61 heavy (non-hydrogen) atoms. The lowest BCUT2D eigenvalue weighted by Gasteiger charge is -2.22. The monoisotopic (exact) mass is 847 g/mol. The summed E-state index contributed by atoms with van der Waals surface area (Å²) >= 11 is 0. The summed E-state index contributed by atoms with van der Waals surface area (Å²) < 4.78 is 6.29. The number of benzene rings is 1. The molecule has 1 aromatic carbocycles. The van der Waals surface area contributed by atoms with Crippen LogP contribution in [0.5, 0.6) is 11.5 Å². The summed E-state index contributed by atoms with van der Waals surface area (Å²) in [6.45, 7) is 8.39. The fraction of sp³-hybridized carbons (Fsp3) is 0.759. The third kappa shape index (κ3) is 39.1. The van der Waals surface area contributed by atoms with Crippen molar-refractivity contribution in [2.75, 3.05) is 0 Å². The first-order valence-corrected chi connectivity index (χ1v) is 26.9. The molecule has 2 atom stereocenters. The zero-order chi connectivity index (χ0) is 43.9. The summed E-state index contributed by atoms with van der Waals surface area (Å²) in [5.41, 5.74) is 1.10. The van der Waals surface area contributed by atoms with Crippen LogP contribution in [0.15, 0.2) is 67.3 Å². The van der Waals surface area contributed by atoms with Gasteiger partial charge in [-0.2, -0.15) is 0 Å². The first-order chi connectivity index (χ1) is 30.1. The molecule has 0 aromatic heterocycles. The van der Waals surface area contributed by atoms with Crippen LogP contribution in [0.25, 0.3) is 0 Å². The minimum absolute atomic E-state index is 0.232. The van der Waals surface area contributed by atoms with E-state index in [1.807, 2.05) is 24.3 Å². The van der Waals surface area contributed by atoms with E-state index >= 15 is 0 Å². The highest BCUT2D eigenvalue weighted by Gasteiger charge is 2.19. The van der Waals surface area contributed by atoms with E-state index in [1.54, 1.807) is 12.1 Å². The molecular weight excluding hydrogens is 745 g/mol. The summed E-state index contributed by atoms with van der Waals surface area (Å²) in [4.78, 5) is 0. The van der Waals surface area contributed by atoms with Gasteiger partial charge in [0, 0.05) is 6.07 Å². The Kier molecular flexibility index (Phi) is 42.6. The number of unbranched alkanes of at least 4 members (excludes halogenated alkanes) is 34. The molecule has 0 saturated heterocycles. The van der Waals surface area contributed by atoms with Crippen molar-refractivity contribution in [3.63, 3.8) is 0 Å². The van der Waals surface area contributed by atoms with Crippen molar-refractivity contribution in [1.82, 2.24) is 0 Å². The van der Waals surface area contributed by atoms with E-state index in [-0.39, 0.29) is 5.75 Å². The largest absolute Gasteiger partial charge is 0.508 e. The van der Waals surface area contributed by atoms with Gasteiger partial charge in [0.15, 0.2) is 0 Å². The standard InChI is InChI=1S/C58H102O3/c1-4-7-10-12-14-16-18-20-22-24-26-27-28-29-31-32-34-36-38-40-42-44-46-48-54-51-55(59)53-56(52-54)61-58(50-9-6-3)57(60)49-47-45-43-41-39-37-35-33-30-25-23-21-19-17-15-13-11-8-5-2/h6,9,20-23,50-53,57-60H,3-5,7-8,10-19,24-49H2,1-2H3/b22-20-,23-21+,50-9-. The van der Waals surface area contributed by atoms with Gasteiger partial charge in [-0.05, 0) is 94.4 Å². The topological polar surface area (TPSA) is 49.7 Å². The second kappa shape index (κ2) is 45.8. The number of ether oxygens (including phenoxy) is 1. The maximum Gasteiger partial charge on any atom is 0.143 e. The molecule has 352 valence electrons. The van der Waals surface area contributed by atoms with Crippen LogP contribution < -0.4 is 4.74 Å². The van der Waals surface area contributed by atoms with E-state index in [4.69, 9.17) is 4.74 Å². The number of rotatable bonds is 47. The van der Waals surface area contributed by atoms with Gasteiger partial charge in [-0.3, -0.25) is 0 Å². The van der Waals surface area contributed by atoms with Gasteiger partial charge in [0.05, 0.1) is 6.10 Å². The summed E-state index contributed by atoms with van der Waals surface area (Å²) in [6, 6.07) is 5.59. The zero-order valence-electron chi connectivity index (χ0n) is 40.7. The summed E-state index contributed by atoms with van der Waals surface area (Å²) in [6.07, 6.45) is 66.3. The minimum Gasteiger partial charge on any atom is -0.508 e. The van der Waals surface area contributed by atoms with Crippen LogP contribution in [0, 0.1) is 0 Å². The van der Waals surface area contributed by atoms with Crippen molar-refractivity contribution < 1.29 is 14.9 Å². The molecule has 0 aliphatic carbocycles. The zero-order valence-corrected chi connectivity index (χ0v) is 40.7. The third-order valence-corrected chi connectivity index (χ3v) is 12.5. The lowest BCUT2D eigenvalue weighted by Crippen LogP contribution is -2.30. The van der Waals surface area contributed by atoms with Crippen molar-refractivity contribution >= 4 is 0 Å². The maximum absolute atomic E-state index is 11.1. The van der Waals surface area contributed by atoms with Gasteiger partial charge in [0.1, 0.15) is 17.6 Å². The average Bonchev–Trinajstić information content (AvgIpc) is 3.26. The van der Waals surface area contributed by atoms with E-state index in [1.165, 1.54) is 225 Å². The van der Waals surface area contributed by atoms with Crippen LogP contribution in [-0.2, 0) is 6.42 Å². The Morgan fingerprint density at radius 3 is 1.23 bits per heavy atom. The average molecular weight is 847 g/mol. The summed E-state index contributed by atoms with van der Waals surface area (Å²) in [5, 5.41) is 21.6. The molecule has 2 N–H and O–H groups in total. The van der Waals surface area contributed by atoms with Crippen molar-refractivity contribution in [1.29, 1.82) is 0 Å². The molecule has 1 rings (SSSR count). The Bertz CT molecular complexity index is 1150. The van der Waals surface area contributed by atoms with Gasteiger partial charge in [-0.25, -0.2) is 0 Å². The molecular formula is C58H102O3. The van der Waals surface area contributed by atoms with Crippen LogP contribution in [-0.4, -0.2) is 22.4 Å². The van der Waals surface area contributed by atoms with Gasteiger partial charge in [0.25, 0.3) is 0 Å². The van der Waals surface area contributed by atoms with Crippen LogP contribution in [0.3, 0.4) is 0 Å². The number of aliphatic hydroxyl groups excluding tert-OH is 1. The van der Waals surface area contributed by atoms with E-state index in [2.05, 4.69) is 44.7 Å². The maximum atomic E-state index is 11.1. The number of phenolic OH excluding ortho intramolecular Hbond substituents is 1. The molecule has 3 heteroatoms.